The number of anilines is 1. The lowest BCUT2D eigenvalue weighted by molar-refractivity contribution is 0.269. The van der Waals surface area contributed by atoms with Crippen LogP contribution >= 0.6 is 0 Å². The Morgan fingerprint density at radius 1 is 0.950 bits per heavy atom. The standard InChI is InChI=1S/C35H33FN2O2/c1-3-39-34-20-24(11-17-33(34)40-22-25-6-4-7-27(36)19-25)21-37-28-14-12-26(13-15-28)35-30-9-5-8-29(30)31-18-23(2)10-16-32(31)38-35/h4-8,10-21,29-30,35,38H,3,9,22H2,1-2H3/t29-,30-,35-/m0/s1. The van der Waals surface area contributed by atoms with E-state index in [1.54, 1.807) is 6.07 Å². The molecule has 4 nitrogen and oxygen atoms in total. The van der Waals surface area contributed by atoms with Crippen LogP contribution < -0.4 is 14.8 Å². The maximum Gasteiger partial charge on any atom is 0.161 e. The highest BCUT2D eigenvalue weighted by Crippen LogP contribution is 2.50. The molecular formula is C35H33FN2O2. The number of nitrogens with zero attached hydrogens (tertiary/aromatic N) is 1. The van der Waals surface area contributed by atoms with Crippen LogP contribution in [0.3, 0.4) is 0 Å². The molecule has 0 amide bonds. The molecule has 0 saturated heterocycles. The molecule has 1 aliphatic carbocycles. The largest absolute Gasteiger partial charge is 0.490 e. The van der Waals surface area contributed by atoms with Gasteiger partial charge in [-0.3, -0.25) is 4.99 Å². The molecule has 1 aliphatic heterocycles. The van der Waals surface area contributed by atoms with Crippen molar-refractivity contribution >= 4 is 17.6 Å². The molecule has 0 saturated carbocycles. The van der Waals surface area contributed by atoms with Crippen molar-refractivity contribution in [1.82, 2.24) is 0 Å². The van der Waals surface area contributed by atoms with E-state index in [-0.39, 0.29) is 18.5 Å². The summed E-state index contributed by atoms with van der Waals surface area (Å²) >= 11 is 0. The van der Waals surface area contributed by atoms with Crippen LogP contribution in [-0.4, -0.2) is 12.8 Å². The number of aliphatic imine (C=N–C) groups is 1. The van der Waals surface area contributed by atoms with Crippen LogP contribution in [0.4, 0.5) is 15.8 Å². The lowest BCUT2D eigenvalue weighted by Gasteiger charge is -2.37. The number of hydrogen-bond acceptors (Lipinski definition) is 4. The fourth-order valence-corrected chi connectivity index (χ4v) is 5.74. The molecule has 3 atom stereocenters. The van der Waals surface area contributed by atoms with E-state index in [4.69, 9.17) is 14.5 Å². The fraction of sp³-hybridized carbons (Fsp3) is 0.229. The Hall–Kier alpha value is -4.38. The average Bonchev–Trinajstić information content (AvgIpc) is 3.46. The molecule has 0 unspecified atom stereocenters. The zero-order valence-corrected chi connectivity index (χ0v) is 22.8. The summed E-state index contributed by atoms with van der Waals surface area (Å²) in [7, 11) is 0. The van der Waals surface area contributed by atoms with Crippen molar-refractivity contribution in [2.45, 2.75) is 38.8 Å². The van der Waals surface area contributed by atoms with Gasteiger partial charge >= 0.3 is 0 Å². The third-order valence-corrected chi connectivity index (χ3v) is 7.68. The summed E-state index contributed by atoms with van der Waals surface area (Å²) in [5, 5.41) is 3.81. The Kier molecular flexibility index (Phi) is 7.37. The van der Waals surface area contributed by atoms with Gasteiger partial charge in [0.25, 0.3) is 0 Å². The van der Waals surface area contributed by atoms with Gasteiger partial charge in [-0.25, -0.2) is 4.39 Å². The lowest BCUT2D eigenvalue weighted by Crippen LogP contribution is -2.29. The van der Waals surface area contributed by atoms with Crippen molar-refractivity contribution in [2.75, 3.05) is 11.9 Å². The second kappa shape index (κ2) is 11.4. The smallest absolute Gasteiger partial charge is 0.161 e. The molecule has 0 spiro atoms. The first kappa shape index (κ1) is 25.9. The van der Waals surface area contributed by atoms with Crippen LogP contribution in [0.2, 0.25) is 0 Å². The Balaban J connectivity index is 1.15. The summed E-state index contributed by atoms with van der Waals surface area (Å²) < 4.78 is 25.3. The molecule has 202 valence electrons. The van der Waals surface area contributed by atoms with Gasteiger partial charge in [0, 0.05) is 17.8 Å². The molecule has 1 N–H and O–H groups in total. The number of fused-ring (bicyclic) bond motifs is 3. The van der Waals surface area contributed by atoms with Gasteiger partial charge < -0.3 is 14.8 Å². The van der Waals surface area contributed by atoms with Crippen LogP contribution in [0, 0.1) is 18.7 Å². The van der Waals surface area contributed by atoms with Gasteiger partial charge in [0.15, 0.2) is 11.5 Å². The molecule has 0 aromatic heterocycles. The SMILES string of the molecule is CCOc1cc(C=Nc2ccc([C@@H]3Nc4ccc(C)cc4[C@H]4C=CC[C@@H]43)cc2)ccc1OCc1cccc(F)c1. The minimum absolute atomic E-state index is 0.260. The van der Waals surface area contributed by atoms with Crippen LogP contribution in [0.15, 0.2) is 102 Å². The van der Waals surface area contributed by atoms with Gasteiger partial charge in [-0.2, -0.15) is 0 Å². The van der Waals surface area contributed by atoms with Crippen LogP contribution in [-0.2, 0) is 6.61 Å². The topological polar surface area (TPSA) is 42.8 Å². The number of ether oxygens (including phenoxy) is 2. The number of hydrogen-bond donors (Lipinski definition) is 1. The quantitative estimate of drug-likeness (QED) is 0.182. The van der Waals surface area contributed by atoms with Gasteiger partial charge in [-0.15, -0.1) is 0 Å². The maximum atomic E-state index is 13.5. The second-order valence-corrected chi connectivity index (χ2v) is 10.5. The second-order valence-electron chi connectivity index (χ2n) is 10.5. The van der Waals surface area contributed by atoms with Crippen molar-refractivity contribution < 1.29 is 13.9 Å². The molecular weight excluding hydrogens is 499 g/mol. The Labute approximate surface area is 235 Å². The van der Waals surface area contributed by atoms with E-state index >= 15 is 0 Å². The molecule has 0 fully saturated rings. The van der Waals surface area contributed by atoms with Crippen molar-refractivity contribution in [3.63, 3.8) is 0 Å². The van der Waals surface area contributed by atoms with E-state index in [1.165, 1.54) is 34.5 Å². The molecule has 0 bridgehead atoms. The number of allylic oxidation sites excluding steroid dienone is 2. The van der Waals surface area contributed by atoms with Crippen LogP contribution in [0.25, 0.3) is 0 Å². The minimum atomic E-state index is -0.277. The Morgan fingerprint density at radius 3 is 2.65 bits per heavy atom. The van der Waals surface area contributed by atoms with E-state index < -0.39 is 0 Å². The summed E-state index contributed by atoms with van der Waals surface area (Å²) in [6.45, 7) is 4.86. The average molecular weight is 533 g/mol. The monoisotopic (exact) mass is 532 g/mol. The van der Waals surface area contributed by atoms with Gasteiger partial charge in [-0.05, 0) is 97.0 Å². The van der Waals surface area contributed by atoms with E-state index in [0.29, 0.717) is 29.9 Å². The first-order valence-electron chi connectivity index (χ1n) is 13.9. The van der Waals surface area contributed by atoms with Crippen molar-refractivity contribution in [1.29, 1.82) is 0 Å². The summed E-state index contributed by atoms with van der Waals surface area (Å²) in [4.78, 5) is 4.71. The van der Waals surface area contributed by atoms with Crippen molar-refractivity contribution in [3.8, 4) is 11.5 Å². The highest BCUT2D eigenvalue weighted by Gasteiger charge is 2.37. The fourth-order valence-electron chi connectivity index (χ4n) is 5.74. The summed E-state index contributed by atoms with van der Waals surface area (Å²) in [5.41, 5.74) is 7.79. The molecule has 4 aromatic rings. The van der Waals surface area contributed by atoms with E-state index in [2.05, 4.69) is 66.9 Å². The summed E-state index contributed by atoms with van der Waals surface area (Å²) in [6.07, 6.45) is 7.63. The molecule has 40 heavy (non-hydrogen) atoms. The van der Waals surface area contributed by atoms with E-state index in [0.717, 1.165) is 23.2 Å². The third-order valence-electron chi connectivity index (χ3n) is 7.68. The van der Waals surface area contributed by atoms with E-state index in [1.807, 2.05) is 37.4 Å². The zero-order valence-electron chi connectivity index (χ0n) is 22.8. The summed E-state index contributed by atoms with van der Waals surface area (Å²) in [5.74, 6) is 1.95. The molecule has 2 aliphatic rings. The highest BCUT2D eigenvalue weighted by atomic mass is 19.1. The molecule has 4 aromatic carbocycles. The van der Waals surface area contributed by atoms with Gasteiger partial charge in [0.05, 0.1) is 18.3 Å². The Bertz CT molecular complexity index is 1560. The molecule has 6 rings (SSSR count). The first-order valence-corrected chi connectivity index (χ1v) is 13.9. The predicted molar refractivity (Wildman–Crippen MR) is 160 cm³/mol. The highest BCUT2D eigenvalue weighted by molar-refractivity contribution is 5.83. The molecule has 0 radical (unpaired) electrons. The summed E-state index contributed by atoms with van der Waals surface area (Å²) in [6, 6.07) is 27.7. The zero-order chi connectivity index (χ0) is 27.5. The minimum Gasteiger partial charge on any atom is -0.490 e. The van der Waals surface area contributed by atoms with Crippen LogP contribution in [0.1, 0.15) is 53.1 Å². The molecule has 1 heterocycles. The molecule has 5 heteroatoms. The van der Waals surface area contributed by atoms with Crippen molar-refractivity contribution in [2.24, 2.45) is 10.9 Å². The number of rotatable bonds is 8. The van der Waals surface area contributed by atoms with Gasteiger partial charge in [0.2, 0.25) is 0 Å². The number of benzene rings is 4. The number of halogens is 1. The lowest BCUT2D eigenvalue weighted by atomic mass is 9.76. The normalized spacial score (nSPS) is 19.2. The first-order chi connectivity index (χ1) is 19.6. The van der Waals surface area contributed by atoms with Gasteiger partial charge in [0.1, 0.15) is 12.4 Å². The van der Waals surface area contributed by atoms with Crippen molar-refractivity contribution in [3.05, 3.63) is 131 Å². The number of nitrogens with one attached hydrogen (secondary N) is 1. The van der Waals surface area contributed by atoms with Gasteiger partial charge in [-0.1, -0.05) is 54.1 Å². The van der Waals surface area contributed by atoms with Crippen LogP contribution in [0.5, 0.6) is 11.5 Å². The Morgan fingerprint density at radius 2 is 1.82 bits per heavy atom. The third kappa shape index (κ3) is 5.50. The predicted octanol–water partition coefficient (Wildman–Crippen LogP) is 8.69. The van der Waals surface area contributed by atoms with E-state index in [9.17, 15) is 4.39 Å². The number of aryl methyl sites for hydroxylation is 1. The maximum absolute atomic E-state index is 13.5.